The van der Waals surface area contributed by atoms with E-state index in [1.165, 1.54) is 129 Å². The highest BCUT2D eigenvalue weighted by Gasteiger charge is 2.35. The predicted octanol–water partition coefficient (Wildman–Crippen LogP) is 8.25. The summed E-state index contributed by atoms with van der Waals surface area (Å²) in [6, 6.07) is 0.972. The second-order valence-electron chi connectivity index (χ2n) is 14.0. The summed E-state index contributed by atoms with van der Waals surface area (Å²) in [5, 5.41) is 0. The Morgan fingerprint density at radius 3 is 1.61 bits per heavy atom. The van der Waals surface area contributed by atoms with Crippen molar-refractivity contribution in [3.05, 3.63) is 11.6 Å². The Bertz CT molecular complexity index is 560. The monoisotopic (exact) mass is 504 g/mol. The van der Waals surface area contributed by atoms with Crippen LogP contribution in [0.2, 0.25) is 0 Å². The van der Waals surface area contributed by atoms with E-state index >= 15 is 0 Å². The number of allylic oxidation sites excluding steroid dienone is 2. The van der Waals surface area contributed by atoms with Crippen LogP contribution >= 0.6 is 0 Å². The van der Waals surface area contributed by atoms with Crippen molar-refractivity contribution >= 4 is 0 Å². The first kappa shape index (κ1) is 31.8. The average Bonchev–Trinajstić information content (AvgIpc) is 3.44. The summed E-state index contributed by atoms with van der Waals surface area (Å²) in [6.07, 6.45) is 24.0. The zero-order chi connectivity index (χ0) is 26.4. The maximum absolute atomic E-state index is 2.51. The van der Waals surface area contributed by atoms with E-state index in [9.17, 15) is 0 Å². The maximum atomic E-state index is 2.51. The highest BCUT2D eigenvalue weighted by molar-refractivity contribution is 5.00. The average molecular weight is 504 g/mol. The number of likely N-dealkylation sites (tertiary alicyclic amines) is 3. The predicted molar refractivity (Wildman–Crippen MR) is 161 cm³/mol. The molecule has 3 heteroatoms. The lowest BCUT2D eigenvalue weighted by molar-refractivity contribution is 0.0570. The minimum Gasteiger partial charge on any atom is -0.306 e. The Morgan fingerprint density at radius 2 is 1.39 bits per heavy atom. The Hall–Kier alpha value is -0.380. The molecule has 0 spiro atoms. The third-order valence-electron chi connectivity index (χ3n) is 9.07. The topological polar surface area (TPSA) is 9.72 Å². The second-order valence-corrected chi connectivity index (χ2v) is 14.0. The molecule has 0 N–H and O–H groups in total. The summed E-state index contributed by atoms with van der Waals surface area (Å²) in [7, 11) is 6.61. The van der Waals surface area contributed by atoms with Gasteiger partial charge in [-0.2, -0.15) is 0 Å². The molecule has 2 unspecified atom stereocenters. The van der Waals surface area contributed by atoms with Crippen molar-refractivity contribution in [2.45, 2.75) is 130 Å². The third kappa shape index (κ3) is 14.0. The zero-order valence-electron chi connectivity index (χ0n) is 25.8. The first-order valence-electron chi connectivity index (χ1n) is 15.9. The van der Waals surface area contributed by atoms with Gasteiger partial charge in [-0.1, -0.05) is 70.9 Å². The van der Waals surface area contributed by atoms with Crippen LogP contribution in [0.4, 0.5) is 0 Å². The molecule has 3 aliphatic heterocycles. The molecule has 2 saturated carbocycles. The molecule has 5 fully saturated rings. The van der Waals surface area contributed by atoms with E-state index in [-0.39, 0.29) is 0 Å². The van der Waals surface area contributed by atoms with Crippen molar-refractivity contribution in [1.29, 1.82) is 0 Å². The summed E-state index contributed by atoms with van der Waals surface area (Å²) in [5.41, 5.74) is 2.21. The summed E-state index contributed by atoms with van der Waals surface area (Å²) in [5.74, 6) is 2.11. The van der Waals surface area contributed by atoms with Crippen LogP contribution in [0, 0.1) is 17.3 Å². The Balaban J connectivity index is 0.000000159. The molecule has 0 aromatic rings. The van der Waals surface area contributed by atoms with Crippen LogP contribution in [0.5, 0.6) is 0 Å². The summed E-state index contributed by atoms with van der Waals surface area (Å²) < 4.78 is 0. The molecule has 0 amide bonds. The zero-order valence-corrected chi connectivity index (χ0v) is 25.8. The van der Waals surface area contributed by atoms with Gasteiger partial charge in [0.05, 0.1) is 0 Å². The lowest BCUT2D eigenvalue weighted by Gasteiger charge is -2.43. The SMILES string of the molecule is CC1=CCCCC1.CC1CCCCC1.CN1CC(C)(C)C1.CN1CC2CCC1C2.CN1CCCCC1. The van der Waals surface area contributed by atoms with Crippen LogP contribution in [0.1, 0.15) is 124 Å². The number of nitrogens with zero attached hydrogens (tertiary/aromatic N) is 3. The van der Waals surface area contributed by atoms with Gasteiger partial charge in [-0.15, -0.1) is 0 Å². The minimum atomic E-state index is 0.620. The van der Waals surface area contributed by atoms with Crippen LogP contribution in [0.3, 0.4) is 0 Å². The van der Waals surface area contributed by atoms with E-state index in [1.54, 1.807) is 5.57 Å². The lowest BCUT2D eigenvalue weighted by atomic mass is 9.85. The van der Waals surface area contributed by atoms with Gasteiger partial charge in [-0.25, -0.2) is 0 Å². The van der Waals surface area contributed by atoms with Crippen LogP contribution in [-0.2, 0) is 0 Å². The van der Waals surface area contributed by atoms with Gasteiger partial charge in [-0.05, 0) is 116 Å². The van der Waals surface area contributed by atoms with Gasteiger partial charge >= 0.3 is 0 Å². The van der Waals surface area contributed by atoms with Gasteiger partial charge in [0.15, 0.2) is 0 Å². The molecule has 212 valence electrons. The molecule has 3 aliphatic carbocycles. The van der Waals surface area contributed by atoms with Crippen molar-refractivity contribution in [3.63, 3.8) is 0 Å². The van der Waals surface area contributed by atoms with Crippen molar-refractivity contribution in [2.24, 2.45) is 17.3 Å². The standard InChI is InChI=1S/C7H13N.C7H14.C7H12.2C6H13N/c1-8-5-6-2-3-7(8)4-6;2*1-7-5-3-2-4-6-7;1-6(2)4-7(3)5-6;1-7-5-3-2-4-6-7/h6-7H,2-5H2,1H3;7H,2-6H2,1H3;5H,2-4,6H2,1H3;4-5H2,1-3H3;2-6H2,1H3. The molecular formula is C33H65N3. The van der Waals surface area contributed by atoms with E-state index < -0.39 is 0 Å². The first-order chi connectivity index (χ1) is 17.1. The highest BCUT2D eigenvalue weighted by atomic mass is 15.2. The van der Waals surface area contributed by atoms with Crippen LogP contribution in [0.25, 0.3) is 0 Å². The minimum absolute atomic E-state index is 0.620. The Kier molecular flexibility index (Phi) is 15.3. The first-order valence-corrected chi connectivity index (χ1v) is 15.9. The molecule has 6 aliphatic rings. The smallest absolute Gasteiger partial charge is 0.00955 e. The fourth-order valence-corrected chi connectivity index (χ4v) is 6.94. The van der Waals surface area contributed by atoms with E-state index in [4.69, 9.17) is 0 Å². The summed E-state index contributed by atoms with van der Waals surface area (Å²) >= 11 is 0. The lowest BCUT2D eigenvalue weighted by Crippen LogP contribution is -2.50. The fraction of sp³-hybridized carbons (Fsp3) is 0.939. The Morgan fingerprint density at radius 1 is 0.750 bits per heavy atom. The molecular weight excluding hydrogens is 438 g/mol. The highest BCUT2D eigenvalue weighted by Crippen LogP contribution is 2.35. The van der Waals surface area contributed by atoms with Gasteiger partial charge in [0, 0.05) is 25.7 Å². The fourth-order valence-electron chi connectivity index (χ4n) is 6.94. The number of fused-ring (bicyclic) bond motifs is 2. The molecule has 3 nitrogen and oxygen atoms in total. The van der Waals surface area contributed by atoms with Crippen LogP contribution in [0.15, 0.2) is 11.6 Å². The quantitative estimate of drug-likeness (QED) is 0.308. The maximum Gasteiger partial charge on any atom is 0.00955 e. The summed E-state index contributed by atoms with van der Waals surface area (Å²) in [6.45, 7) is 15.7. The molecule has 3 heterocycles. The number of rotatable bonds is 0. The molecule has 6 rings (SSSR count). The van der Waals surface area contributed by atoms with E-state index in [0.717, 1.165) is 17.9 Å². The third-order valence-corrected chi connectivity index (χ3v) is 9.07. The van der Waals surface area contributed by atoms with Crippen LogP contribution < -0.4 is 0 Å². The van der Waals surface area contributed by atoms with E-state index in [0.29, 0.717) is 5.41 Å². The van der Waals surface area contributed by atoms with Crippen molar-refractivity contribution < 1.29 is 0 Å². The van der Waals surface area contributed by atoms with Crippen molar-refractivity contribution in [1.82, 2.24) is 14.7 Å². The molecule has 2 bridgehead atoms. The normalized spacial score (nSPS) is 30.0. The van der Waals surface area contributed by atoms with Crippen molar-refractivity contribution in [3.8, 4) is 0 Å². The van der Waals surface area contributed by atoms with Gasteiger partial charge in [-0.3, -0.25) is 0 Å². The summed E-state index contributed by atoms with van der Waals surface area (Å²) in [4.78, 5) is 7.23. The van der Waals surface area contributed by atoms with E-state index in [2.05, 4.69) is 69.6 Å². The molecule has 36 heavy (non-hydrogen) atoms. The van der Waals surface area contributed by atoms with Gasteiger partial charge in [0.25, 0.3) is 0 Å². The molecule has 0 radical (unpaired) electrons. The largest absolute Gasteiger partial charge is 0.306 e. The van der Waals surface area contributed by atoms with E-state index in [1.807, 2.05) is 0 Å². The van der Waals surface area contributed by atoms with Gasteiger partial charge in [0.1, 0.15) is 0 Å². The molecule has 2 atom stereocenters. The Labute approximate surface area is 227 Å². The van der Waals surface area contributed by atoms with Gasteiger partial charge < -0.3 is 14.7 Å². The molecule has 0 aromatic carbocycles. The number of piperidine rings is 2. The van der Waals surface area contributed by atoms with Crippen LogP contribution in [-0.4, -0.2) is 74.6 Å². The molecule has 3 saturated heterocycles. The number of hydrogen-bond acceptors (Lipinski definition) is 3. The molecule has 0 aromatic heterocycles. The second kappa shape index (κ2) is 17.3. The van der Waals surface area contributed by atoms with Crippen molar-refractivity contribution in [2.75, 3.05) is 53.9 Å². The number of hydrogen-bond donors (Lipinski definition) is 0. The van der Waals surface area contributed by atoms with Gasteiger partial charge in [0.2, 0.25) is 0 Å².